The molecule has 0 saturated carbocycles. The number of rotatable bonds is 1. The van der Waals surface area contributed by atoms with Crippen molar-refractivity contribution < 1.29 is 13.2 Å². The lowest BCUT2D eigenvalue weighted by molar-refractivity contribution is -0.203. The molecule has 0 aromatic carbocycles. The van der Waals surface area contributed by atoms with Gasteiger partial charge in [-0.05, 0) is 6.92 Å². The zero-order chi connectivity index (χ0) is 9.35. The molecule has 0 bridgehead atoms. The molecule has 1 atom stereocenters. The number of nitrogens with zero attached hydrogens (tertiary/aromatic N) is 3. The topological polar surface area (TPSA) is 18.8 Å². The summed E-state index contributed by atoms with van der Waals surface area (Å²) in [6.07, 6.45) is -4.66. The monoisotopic (exact) mass is 181 g/mol. The highest BCUT2D eigenvalue weighted by molar-refractivity contribution is 5.56. The minimum Gasteiger partial charge on any atom is -0.335 e. The first-order valence-electron chi connectivity index (χ1n) is 3.56. The SMILES string of the molecule is CCN1N=CN(C)C1C(F)(F)F. The molecule has 0 aromatic heterocycles. The highest BCUT2D eigenvalue weighted by Gasteiger charge is 2.47. The van der Waals surface area contributed by atoms with Gasteiger partial charge in [0, 0.05) is 13.6 Å². The van der Waals surface area contributed by atoms with Crippen molar-refractivity contribution in [2.75, 3.05) is 13.6 Å². The van der Waals surface area contributed by atoms with E-state index in [2.05, 4.69) is 5.10 Å². The number of hydrogen-bond donors (Lipinski definition) is 0. The van der Waals surface area contributed by atoms with E-state index >= 15 is 0 Å². The molecule has 1 aliphatic heterocycles. The summed E-state index contributed by atoms with van der Waals surface area (Å²) in [5.41, 5.74) is 0. The van der Waals surface area contributed by atoms with E-state index in [4.69, 9.17) is 0 Å². The lowest BCUT2D eigenvalue weighted by Gasteiger charge is -2.28. The third kappa shape index (κ3) is 1.46. The minimum atomic E-state index is -4.25. The second-order valence-electron chi connectivity index (χ2n) is 2.57. The molecule has 0 spiro atoms. The van der Waals surface area contributed by atoms with Gasteiger partial charge in [-0.15, -0.1) is 0 Å². The van der Waals surface area contributed by atoms with Crippen molar-refractivity contribution in [1.29, 1.82) is 0 Å². The quantitative estimate of drug-likeness (QED) is 0.603. The maximum absolute atomic E-state index is 12.3. The minimum absolute atomic E-state index is 0.255. The van der Waals surface area contributed by atoms with Crippen molar-refractivity contribution >= 4 is 6.34 Å². The zero-order valence-corrected chi connectivity index (χ0v) is 6.84. The molecule has 1 rings (SSSR count). The fourth-order valence-corrected chi connectivity index (χ4v) is 1.14. The van der Waals surface area contributed by atoms with Crippen molar-refractivity contribution in [2.24, 2.45) is 5.10 Å². The van der Waals surface area contributed by atoms with Crippen LogP contribution in [0.25, 0.3) is 0 Å². The van der Waals surface area contributed by atoms with Gasteiger partial charge in [0.25, 0.3) is 0 Å². The van der Waals surface area contributed by atoms with Crippen LogP contribution in [0.2, 0.25) is 0 Å². The Morgan fingerprint density at radius 1 is 1.50 bits per heavy atom. The molecule has 0 aromatic rings. The van der Waals surface area contributed by atoms with Crippen LogP contribution in [0.4, 0.5) is 13.2 Å². The molecule has 0 amide bonds. The van der Waals surface area contributed by atoms with Crippen LogP contribution >= 0.6 is 0 Å². The lowest BCUT2D eigenvalue weighted by Crippen LogP contribution is -2.48. The molecule has 0 saturated heterocycles. The van der Waals surface area contributed by atoms with Crippen molar-refractivity contribution in [3.8, 4) is 0 Å². The summed E-state index contributed by atoms with van der Waals surface area (Å²) in [6, 6.07) is 0. The third-order valence-corrected chi connectivity index (χ3v) is 1.67. The van der Waals surface area contributed by atoms with E-state index in [1.807, 2.05) is 0 Å². The molecule has 70 valence electrons. The highest BCUT2D eigenvalue weighted by Crippen LogP contribution is 2.28. The van der Waals surface area contributed by atoms with Gasteiger partial charge in [0.2, 0.25) is 6.17 Å². The first kappa shape index (κ1) is 9.15. The average molecular weight is 181 g/mol. The Labute approximate surface area is 68.4 Å². The number of hydrazone groups is 1. The van der Waals surface area contributed by atoms with E-state index in [-0.39, 0.29) is 6.54 Å². The second-order valence-corrected chi connectivity index (χ2v) is 2.57. The van der Waals surface area contributed by atoms with Crippen LogP contribution in [0.1, 0.15) is 6.92 Å². The first-order valence-corrected chi connectivity index (χ1v) is 3.56. The van der Waals surface area contributed by atoms with Gasteiger partial charge in [-0.3, -0.25) is 5.01 Å². The highest BCUT2D eigenvalue weighted by atomic mass is 19.4. The maximum atomic E-state index is 12.3. The van der Waals surface area contributed by atoms with E-state index in [0.717, 1.165) is 9.91 Å². The van der Waals surface area contributed by atoms with E-state index < -0.39 is 12.3 Å². The fourth-order valence-electron chi connectivity index (χ4n) is 1.14. The summed E-state index contributed by atoms with van der Waals surface area (Å²) in [6.45, 7) is 1.89. The van der Waals surface area contributed by atoms with Gasteiger partial charge in [-0.2, -0.15) is 18.3 Å². The van der Waals surface area contributed by atoms with Gasteiger partial charge in [0.05, 0.1) is 0 Å². The molecule has 12 heavy (non-hydrogen) atoms. The molecular formula is C6H10F3N3. The second kappa shape index (κ2) is 2.84. The third-order valence-electron chi connectivity index (χ3n) is 1.67. The Balaban J connectivity index is 2.75. The molecule has 3 nitrogen and oxygen atoms in total. The summed E-state index contributed by atoms with van der Waals surface area (Å²) in [7, 11) is 1.36. The van der Waals surface area contributed by atoms with Gasteiger partial charge in [-0.25, -0.2) is 0 Å². The van der Waals surface area contributed by atoms with E-state index in [0.29, 0.717) is 0 Å². The molecule has 0 radical (unpaired) electrons. The fraction of sp³-hybridized carbons (Fsp3) is 0.833. The number of halogens is 3. The maximum Gasteiger partial charge on any atom is 0.429 e. The van der Waals surface area contributed by atoms with Gasteiger partial charge in [0.1, 0.15) is 6.34 Å². The molecule has 1 heterocycles. The Morgan fingerprint density at radius 3 is 2.42 bits per heavy atom. The van der Waals surface area contributed by atoms with Crippen LogP contribution in [0.5, 0.6) is 0 Å². The molecule has 1 unspecified atom stereocenters. The molecule has 0 fully saturated rings. The van der Waals surface area contributed by atoms with Crippen LogP contribution in [-0.2, 0) is 0 Å². The van der Waals surface area contributed by atoms with Crippen molar-refractivity contribution in [3.63, 3.8) is 0 Å². The molecule has 6 heteroatoms. The van der Waals surface area contributed by atoms with Crippen molar-refractivity contribution in [3.05, 3.63) is 0 Å². The Bertz CT molecular complexity index is 189. The van der Waals surface area contributed by atoms with Gasteiger partial charge in [0.15, 0.2) is 0 Å². The zero-order valence-electron chi connectivity index (χ0n) is 6.84. The Morgan fingerprint density at radius 2 is 2.08 bits per heavy atom. The largest absolute Gasteiger partial charge is 0.429 e. The van der Waals surface area contributed by atoms with Crippen LogP contribution in [-0.4, -0.2) is 42.2 Å². The number of hydrogen-bond acceptors (Lipinski definition) is 3. The van der Waals surface area contributed by atoms with E-state index in [1.165, 1.54) is 13.4 Å². The standard InChI is InChI=1S/C6H10F3N3/c1-3-12-5(6(7,8)9)11(2)4-10-12/h4-5H,3H2,1-2H3. The summed E-state index contributed by atoms with van der Waals surface area (Å²) >= 11 is 0. The average Bonchev–Trinajstić information content (AvgIpc) is 2.29. The van der Waals surface area contributed by atoms with Gasteiger partial charge < -0.3 is 4.90 Å². The van der Waals surface area contributed by atoms with Crippen molar-refractivity contribution in [1.82, 2.24) is 9.91 Å². The predicted molar refractivity (Wildman–Crippen MR) is 38.5 cm³/mol. The summed E-state index contributed by atoms with van der Waals surface area (Å²) in [5.74, 6) is 0. The molecule has 1 aliphatic rings. The van der Waals surface area contributed by atoms with Crippen LogP contribution in [0.15, 0.2) is 5.10 Å². The normalized spacial score (nSPS) is 23.9. The molecule has 0 N–H and O–H groups in total. The van der Waals surface area contributed by atoms with E-state index in [9.17, 15) is 13.2 Å². The van der Waals surface area contributed by atoms with Gasteiger partial charge in [-0.1, -0.05) is 0 Å². The van der Waals surface area contributed by atoms with Gasteiger partial charge >= 0.3 is 6.18 Å². The summed E-state index contributed by atoms with van der Waals surface area (Å²) in [5, 5.41) is 4.60. The van der Waals surface area contributed by atoms with Crippen LogP contribution in [0.3, 0.4) is 0 Å². The Hall–Kier alpha value is -0.940. The van der Waals surface area contributed by atoms with E-state index in [1.54, 1.807) is 6.92 Å². The first-order chi connectivity index (χ1) is 5.46. The lowest BCUT2D eigenvalue weighted by atomic mass is 10.4. The molecule has 0 aliphatic carbocycles. The smallest absolute Gasteiger partial charge is 0.335 e. The van der Waals surface area contributed by atoms with Crippen molar-refractivity contribution in [2.45, 2.75) is 19.3 Å². The Kier molecular flexibility index (Phi) is 2.16. The summed E-state index contributed by atoms with van der Waals surface area (Å²) < 4.78 is 36.9. The number of alkyl halides is 3. The van der Waals surface area contributed by atoms with Crippen LogP contribution < -0.4 is 0 Å². The molecular weight excluding hydrogens is 171 g/mol. The van der Waals surface area contributed by atoms with Crippen LogP contribution in [0, 0.1) is 0 Å². The predicted octanol–water partition coefficient (Wildman–Crippen LogP) is 1.09. The summed E-state index contributed by atoms with van der Waals surface area (Å²) in [4.78, 5) is 1.05.